The summed E-state index contributed by atoms with van der Waals surface area (Å²) in [5, 5.41) is 10.8. The number of likely N-dealkylation sites (N-methyl/N-ethyl adjacent to an activating group) is 2. The quantitative estimate of drug-likeness (QED) is 0.534. The van der Waals surface area contributed by atoms with Crippen molar-refractivity contribution in [3.63, 3.8) is 0 Å². The molecule has 2 aromatic rings. The molecule has 1 amide bonds. The Hall–Kier alpha value is -3.26. The van der Waals surface area contributed by atoms with E-state index in [2.05, 4.69) is 11.9 Å². The number of phenols is 1. The van der Waals surface area contributed by atoms with Crippen molar-refractivity contribution in [3.8, 4) is 11.5 Å². The van der Waals surface area contributed by atoms with Crippen molar-refractivity contribution in [2.75, 3.05) is 20.6 Å². The largest absolute Gasteiger partial charge is 0.504 e. The van der Waals surface area contributed by atoms with Gasteiger partial charge in [-0.25, -0.2) is 0 Å². The Kier molecular flexibility index (Phi) is 4.84. The molecule has 1 aromatic carbocycles. The van der Waals surface area contributed by atoms with Crippen LogP contribution in [0.1, 0.15) is 42.9 Å². The number of ether oxygens (including phenoxy) is 2. The minimum absolute atomic E-state index is 0.00260. The molecule has 3 heterocycles. The molecule has 1 saturated heterocycles. The van der Waals surface area contributed by atoms with Crippen LogP contribution in [0.3, 0.4) is 0 Å². The van der Waals surface area contributed by atoms with Gasteiger partial charge in [0.15, 0.2) is 11.5 Å². The lowest BCUT2D eigenvalue weighted by Gasteiger charge is -2.65. The number of esters is 1. The molecule has 1 N–H and O–H groups in total. The van der Waals surface area contributed by atoms with E-state index in [4.69, 9.17) is 13.9 Å². The maximum Gasteiger partial charge on any atom is 0.303 e. The van der Waals surface area contributed by atoms with E-state index in [9.17, 15) is 14.7 Å². The summed E-state index contributed by atoms with van der Waals surface area (Å²) in [5.41, 5.74) is 1.48. The summed E-state index contributed by atoms with van der Waals surface area (Å²) in [7, 11) is 3.88. The average molecular weight is 479 g/mol. The standard InChI is InChI=1S/C27H30N2O6/c1-16(30)35-27-10-8-19(29(3)22(32)7-4-17-9-13-33-15-17)25-26(27)11-12-28(2)21(27)14-18-5-6-20(31)24(34-25)23(18)26/h4-7,9,13,15,19,21,25,31H,8,10-12,14H2,1-3H3/b7-4+/t19-,21-,25+,26+,27-/m1/s1. The Labute approximate surface area is 204 Å². The van der Waals surface area contributed by atoms with E-state index in [0.29, 0.717) is 25.0 Å². The first-order valence-electron chi connectivity index (χ1n) is 12.2. The van der Waals surface area contributed by atoms with Gasteiger partial charge < -0.3 is 23.9 Å². The predicted molar refractivity (Wildman–Crippen MR) is 127 cm³/mol. The molecule has 2 fully saturated rings. The molecule has 1 aromatic heterocycles. The van der Waals surface area contributed by atoms with Crippen molar-refractivity contribution in [1.29, 1.82) is 0 Å². The molecule has 35 heavy (non-hydrogen) atoms. The topological polar surface area (TPSA) is 92.5 Å². The molecule has 4 aliphatic rings. The van der Waals surface area contributed by atoms with E-state index >= 15 is 0 Å². The number of aromatic hydroxyl groups is 1. The van der Waals surface area contributed by atoms with Crippen molar-refractivity contribution < 1.29 is 28.6 Å². The normalized spacial score (nSPS) is 32.7. The third-order valence-corrected chi connectivity index (χ3v) is 8.79. The fourth-order valence-electron chi connectivity index (χ4n) is 7.37. The van der Waals surface area contributed by atoms with Gasteiger partial charge in [0.25, 0.3) is 0 Å². The van der Waals surface area contributed by atoms with Crippen LogP contribution in [0, 0.1) is 0 Å². The Morgan fingerprint density at radius 1 is 1.29 bits per heavy atom. The summed E-state index contributed by atoms with van der Waals surface area (Å²) in [5.74, 6) is 0.117. The zero-order chi connectivity index (χ0) is 24.5. The van der Waals surface area contributed by atoms with Crippen LogP contribution in [0.15, 0.2) is 41.2 Å². The number of piperidine rings is 1. The number of amides is 1. The Bertz CT molecular complexity index is 1220. The summed E-state index contributed by atoms with van der Waals surface area (Å²) >= 11 is 0. The summed E-state index contributed by atoms with van der Waals surface area (Å²) < 4.78 is 18.0. The number of rotatable bonds is 4. The molecule has 0 unspecified atom stereocenters. The van der Waals surface area contributed by atoms with Crippen LogP contribution in [0.25, 0.3) is 6.08 Å². The second-order valence-corrected chi connectivity index (χ2v) is 10.3. The highest BCUT2D eigenvalue weighted by atomic mass is 16.6. The van der Waals surface area contributed by atoms with E-state index in [1.807, 2.05) is 6.07 Å². The molecular formula is C27H30N2O6. The summed E-state index contributed by atoms with van der Waals surface area (Å²) in [6, 6.07) is 5.20. The van der Waals surface area contributed by atoms with Crippen molar-refractivity contribution in [3.05, 3.63) is 53.5 Å². The van der Waals surface area contributed by atoms with Crippen LogP contribution in [0.2, 0.25) is 0 Å². The molecule has 1 saturated carbocycles. The summed E-state index contributed by atoms with van der Waals surface area (Å²) in [4.78, 5) is 29.8. The molecule has 8 nitrogen and oxygen atoms in total. The lowest BCUT2D eigenvalue weighted by molar-refractivity contribution is -0.220. The van der Waals surface area contributed by atoms with Crippen LogP contribution in [0.4, 0.5) is 0 Å². The van der Waals surface area contributed by atoms with E-state index in [1.165, 1.54) is 6.92 Å². The van der Waals surface area contributed by atoms with Crippen molar-refractivity contribution in [2.45, 2.75) is 61.8 Å². The molecule has 5 atom stereocenters. The van der Waals surface area contributed by atoms with Gasteiger partial charge in [-0.3, -0.25) is 14.5 Å². The van der Waals surface area contributed by atoms with E-state index in [0.717, 1.165) is 29.7 Å². The van der Waals surface area contributed by atoms with Crippen LogP contribution < -0.4 is 4.74 Å². The van der Waals surface area contributed by atoms with Gasteiger partial charge in [-0.1, -0.05) is 6.07 Å². The fraction of sp³-hybridized carbons (Fsp3) is 0.481. The molecule has 184 valence electrons. The number of hydrogen-bond donors (Lipinski definition) is 1. The maximum absolute atomic E-state index is 13.2. The minimum Gasteiger partial charge on any atom is -0.504 e. The van der Waals surface area contributed by atoms with Gasteiger partial charge in [-0.15, -0.1) is 0 Å². The molecule has 6 rings (SSSR count). The van der Waals surface area contributed by atoms with Gasteiger partial charge in [0.2, 0.25) is 5.91 Å². The van der Waals surface area contributed by atoms with Gasteiger partial charge in [0.05, 0.1) is 30.0 Å². The first kappa shape index (κ1) is 22.2. The van der Waals surface area contributed by atoms with Gasteiger partial charge in [0, 0.05) is 31.2 Å². The van der Waals surface area contributed by atoms with Crippen LogP contribution >= 0.6 is 0 Å². The number of nitrogens with zero attached hydrogens (tertiary/aromatic N) is 2. The maximum atomic E-state index is 13.2. The monoisotopic (exact) mass is 478 g/mol. The van der Waals surface area contributed by atoms with Crippen LogP contribution in [0.5, 0.6) is 11.5 Å². The number of furan rings is 1. The number of hydrogen-bond acceptors (Lipinski definition) is 7. The second-order valence-electron chi connectivity index (χ2n) is 10.3. The molecule has 2 aliphatic heterocycles. The summed E-state index contributed by atoms with van der Waals surface area (Å²) in [6.07, 6.45) is 8.65. The first-order valence-corrected chi connectivity index (χ1v) is 12.2. The SMILES string of the molecule is CC(=O)O[C@@]12CC[C@@H](N(C)C(=O)/C=C/c3ccoc3)[C@@H]3Oc4c(O)ccc5c4[C@@]31CCN(C)[C@@H]2C5. The van der Waals surface area contributed by atoms with E-state index in [-0.39, 0.29) is 29.7 Å². The van der Waals surface area contributed by atoms with Crippen molar-refractivity contribution >= 4 is 18.0 Å². The smallest absolute Gasteiger partial charge is 0.303 e. The predicted octanol–water partition coefficient (Wildman–Crippen LogP) is 2.88. The lowest BCUT2D eigenvalue weighted by atomic mass is 9.48. The highest BCUT2D eigenvalue weighted by Crippen LogP contribution is 2.66. The number of carbonyl (C=O) groups is 2. The first-order chi connectivity index (χ1) is 16.8. The van der Waals surface area contributed by atoms with E-state index in [1.54, 1.807) is 48.8 Å². The molecule has 8 heteroatoms. The van der Waals surface area contributed by atoms with Crippen LogP contribution in [-0.4, -0.2) is 71.2 Å². The molecular weight excluding hydrogens is 448 g/mol. The highest BCUT2D eigenvalue weighted by molar-refractivity contribution is 5.92. The Morgan fingerprint density at radius 2 is 2.11 bits per heavy atom. The minimum atomic E-state index is -0.782. The number of carbonyl (C=O) groups excluding carboxylic acids is 2. The zero-order valence-electron chi connectivity index (χ0n) is 20.2. The molecule has 1 spiro atoms. The zero-order valence-corrected chi connectivity index (χ0v) is 20.2. The third kappa shape index (κ3) is 2.89. The van der Waals surface area contributed by atoms with Gasteiger partial charge >= 0.3 is 5.97 Å². The molecule has 2 aliphatic carbocycles. The average Bonchev–Trinajstić information content (AvgIpc) is 3.46. The number of phenolic OH excluding ortho intramolecular Hbond substituents is 1. The highest BCUT2D eigenvalue weighted by Gasteiger charge is 2.75. The van der Waals surface area contributed by atoms with Crippen LogP contribution in [-0.2, 0) is 26.2 Å². The molecule has 2 bridgehead atoms. The number of likely N-dealkylation sites (tertiary alicyclic amines) is 1. The van der Waals surface area contributed by atoms with Gasteiger partial charge in [-0.2, -0.15) is 0 Å². The third-order valence-electron chi connectivity index (χ3n) is 8.79. The Balaban J connectivity index is 1.46. The van der Waals surface area contributed by atoms with Gasteiger partial charge in [-0.05, 0) is 63.0 Å². The summed E-state index contributed by atoms with van der Waals surface area (Å²) in [6.45, 7) is 2.28. The second kappa shape index (κ2) is 7.62. The van der Waals surface area contributed by atoms with Crippen molar-refractivity contribution in [1.82, 2.24) is 9.80 Å². The van der Waals surface area contributed by atoms with E-state index < -0.39 is 17.1 Å². The van der Waals surface area contributed by atoms with Gasteiger partial charge in [0.1, 0.15) is 11.7 Å². The fourth-order valence-corrected chi connectivity index (χ4v) is 7.37. The van der Waals surface area contributed by atoms with Crippen molar-refractivity contribution in [2.24, 2.45) is 0 Å². The molecule has 0 radical (unpaired) electrons. The lowest BCUT2D eigenvalue weighted by Crippen LogP contribution is -2.78. The number of benzene rings is 1. The Morgan fingerprint density at radius 3 is 2.86 bits per heavy atom.